The lowest BCUT2D eigenvalue weighted by molar-refractivity contribution is -0.294. The van der Waals surface area contributed by atoms with Gasteiger partial charge in [0.15, 0.2) is 0 Å². The van der Waals surface area contributed by atoms with Crippen LogP contribution in [0.3, 0.4) is 0 Å². The van der Waals surface area contributed by atoms with Gasteiger partial charge in [-0.3, -0.25) is 0 Å². The summed E-state index contributed by atoms with van der Waals surface area (Å²) in [6.07, 6.45) is 19.9. The van der Waals surface area contributed by atoms with Gasteiger partial charge in [0.1, 0.15) is 0 Å². The van der Waals surface area contributed by atoms with Crippen LogP contribution in [-0.4, -0.2) is 25.9 Å². The van der Waals surface area contributed by atoms with Crippen LogP contribution in [-0.2, 0) is 14.5 Å². The number of rotatable bonds is 18. The molecular weight excluding hydrogens is 276 g/mol. The predicted molar refractivity (Wildman–Crippen MR) is 91.6 cm³/mol. The Hall–Kier alpha value is -0.120. The predicted octanol–water partition coefficient (Wildman–Crippen LogP) is 5.63. The van der Waals surface area contributed by atoms with E-state index in [2.05, 4.69) is 13.3 Å². The van der Waals surface area contributed by atoms with Gasteiger partial charge in [0.05, 0.1) is 25.9 Å². The Bertz CT molecular complexity index is 217. The third-order valence-corrected chi connectivity index (χ3v) is 4.15. The van der Waals surface area contributed by atoms with Gasteiger partial charge in [0, 0.05) is 0 Å². The van der Waals surface area contributed by atoms with Gasteiger partial charge >= 0.3 is 0 Å². The van der Waals surface area contributed by atoms with E-state index in [4.69, 9.17) is 14.5 Å². The van der Waals surface area contributed by atoms with Gasteiger partial charge in [-0.25, -0.2) is 9.78 Å². The summed E-state index contributed by atoms with van der Waals surface area (Å²) >= 11 is 0. The van der Waals surface area contributed by atoms with Crippen molar-refractivity contribution in [3.8, 4) is 0 Å². The highest BCUT2D eigenvalue weighted by Crippen LogP contribution is 2.14. The maximum Gasteiger partial charge on any atom is 0.0842 e. The molecule has 0 bridgehead atoms. The lowest BCUT2D eigenvalue weighted by Crippen LogP contribution is -2.00. The fourth-order valence-electron chi connectivity index (χ4n) is 2.61. The molecule has 0 spiro atoms. The molecule has 1 saturated heterocycles. The first-order valence-corrected chi connectivity index (χ1v) is 9.63. The van der Waals surface area contributed by atoms with E-state index < -0.39 is 0 Å². The smallest absolute Gasteiger partial charge is 0.0842 e. The second-order valence-electron chi connectivity index (χ2n) is 6.43. The summed E-state index contributed by atoms with van der Waals surface area (Å²) < 4.78 is 5.09. The molecule has 1 heterocycles. The van der Waals surface area contributed by atoms with Crippen LogP contribution < -0.4 is 0 Å². The van der Waals surface area contributed by atoms with E-state index >= 15 is 0 Å². The second kappa shape index (κ2) is 15.8. The van der Waals surface area contributed by atoms with E-state index in [1.165, 1.54) is 70.6 Å². The lowest BCUT2D eigenvalue weighted by Gasteiger charge is -2.04. The topological polar surface area (TPSA) is 31.0 Å². The van der Waals surface area contributed by atoms with E-state index in [0.29, 0.717) is 12.7 Å². The Morgan fingerprint density at radius 3 is 1.82 bits per heavy atom. The first-order chi connectivity index (χ1) is 10.9. The minimum Gasteiger partial charge on any atom is -0.373 e. The molecule has 1 radical (unpaired) electrons. The molecule has 1 unspecified atom stereocenters. The van der Waals surface area contributed by atoms with Gasteiger partial charge in [0.2, 0.25) is 0 Å². The third-order valence-electron chi connectivity index (χ3n) is 4.15. The molecule has 0 N–H and O–H groups in total. The van der Waals surface area contributed by atoms with Crippen LogP contribution in [0.15, 0.2) is 0 Å². The average molecular weight is 314 g/mol. The first kappa shape index (κ1) is 19.9. The van der Waals surface area contributed by atoms with Crippen molar-refractivity contribution < 1.29 is 14.5 Å². The molecule has 131 valence electrons. The van der Waals surface area contributed by atoms with Crippen LogP contribution in [0.25, 0.3) is 0 Å². The highest BCUT2D eigenvalue weighted by molar-refractivity contribution is 4.84. The molecule has 1 aliphatic heterocycles. The quantitative estimate of drug-likeness (QED) is 0.142. The minimum atomic E-state index is 0.389. The Morgan fingerprint density at radius 2 is 1.27 bits per heavy atom. The SMILES string of the molecule is CCCCCCCCCCCCCCOOCC[CH]C1CO1. The van der Waals surface area contributed by atoms with Crippen molar-refractivity contribution in [1.82, 2.24) is 0 Å². The standard InChI is InChI=1S/C19H37O3/c1-2-3-4-5-6-7-8-9-10-11-12-13-16-21-22-17-14-15-19-18-20-19/h15,19H,2-14,16-18H2,1H3. The van der Waals surface area contributed by atoms with Crippen LogP contribution in [0.4, 0.5) is 0 Å². The van der Waals surface area contributed by atoms with Gasteiger partial charge < -0.3 is 4.74 Å². The number of epoxide rings is 1. The number of hydrogen-bond donors (Lipinski definition) is 0. The third kappa shape index (κ3) is 14.8. The molecule has 0 aliphatic carbocycles. The van der Waals surface area contributed by atoms with E-state index in [-0.39, 0.29) is 0 Å². The van der Waals surface area contributed by atoms with E-state index in [1.807, 2.05) is 0 Å². The molecule has 0 aromatic heterocycles. The number of ether oxygens (including phenoxy) is 1. The zero-order valence-corrected chi connectivity index (χ0v) is 14.7. The second-order valence-corrected chi connectivity index (χ2v) is 6.43. The maximum absolute atomic E-state index is 5.17. The molecule has 22 heavy (non-hydrogen) atoms. The summed E-state index contributed by atoms with van der Waals surface area (Å²) in [5.41, 5.74) is 0. The van der Waals surface area contributed by atoms with Crippen LogP contribution in [0, 0.1) is 6.42 Å². The molecule has 1 aliphatic rings. The van der Waals surface area contributed by atoms with Crippen molar-refractivity contribution in [2.24, 2.45) is 0 Å². The zero-order chi connectivity index (χ0) is 15.7. The van der Waals surface area contributed by atoms with Gasteiger partial charge in [-0.1, -0.05) is 77.6 Å². The average Bonchev–Trinajstić information content (AvgIpc) is 3.34. The molecular formula is C19H37O3. The number of unbranched alkanes of at least 4 members (excludes halogenated alkanes) is 11. The van der Waals surface area contributed by atoms with Crippen LogP contribution >= 0.6 is 0 Å². The van der Waals surface area contributed by atoms with Gasteiger partial charge in [-0.05, 0) is 19.3 Å². The zero-order valence-electron chi connectivity index (χ0n) is 14.7. The molecule has 1 rings (SSSR count). The summed E-state index contributed by atoms with van der Waals surface area (Å²) in [6, 6.07) is 0. The van der Waals surface area contributed by atoms with Crippen LogP contribution in [0.1, 0.15) is 90.4 Å². The minimum absolute atomic E-state index is 0.389. The van der Waals surface area contributed by atoms with Crippen molar-refractivity contribution in [2.45, 2.75) is 96.5 Å². The van der Waals surface area contributed by atoms with Gasteiger partial charge in [-0.15, -0.1) is 0 Å². The molecule has 1 atom stereocenters. The molecule has 0 amide bonds. The van der Waals surface area contributed by atoms with E-state index in [0.717, 1.165) is 26.1 Å². The van der Waals surface area contributed by atoms with Crippen molar-refractivity contribution in [1.29, 1.82) is 0 Å². The molecule has 0 saturated carbocycles. The van der Waals surface area contributed by atoms with Gasteiger partial charge in [-0.2, -0.15) is 0 Å². The fourth-order valence-corrected chi connectivity index (χ4v) is 2.61. The van der Waals surface area contributed by atoms with Crippen molar-refractivity contribution in [2.75, 3.05) is 19.8 Å². The first-order valence-electron chi connectivity index (χ1n) is 9.63. The highest BCUT2D eigenvalue weighted by Gasteiger charge is 2.21. The van der Waals surface area contributed by atoms with E-state index in [9.17, 15) is 0 Å². The highest BCUT2D eigenvalue weighted by atomic mass is 17.2. The van der Waals surface area contributed by atoms with Crippen LogP contribution in [0.2, 0.25) is 0 Å². The maximum atomic E-state index is 5.17. The summed E-state index contributed by atoms with van der Waals surface area (Å²) in [5.74, 6) is 0. The Balaban J connectivity index is 1.59. The Morgan fingerprint density at radius 1 is 0.773 bits per heavy atom. The summed E-state index contributed by atoms with van der Waals surface area (Å²) in [7, 11) is 0. The summed E-state index contributed by atoms with van der Waals surface area (Å²) in [4.78, 5) is 10.3. The fraction of sp³-hybridized carbons (Fsp3) is 0.947. The molecule has 3 nitrogen and oxygen atoms in total. The molecule has 3 heteroatoms. The summed E-state index contributed by atoms with van der Waals surface area (Å²) in [5, 5.41) is 0. The molecule has 0 aromatic rings. The molecule has 0 aromatic carbocycles. The number of hydrogen-bond acceptors (Lipinski definition) is 3. The normalized spacial score (nSPS) is 17.0. The lowest BCUT2D eigenvalue weighted by atomic mass is 10.1. The summed E-state index contributed by atoms with van der Waals surface area (Å²) in [6.45, 7) is 4.55. The van der Waals surface area contributed by atoms with Crippen molar-refractivity contribution in [3.63, 3.8) is 0 Å². The van der Waals surface area contributed by atoms with Crippen molar-refractivity contribution >= 4 is 0 Å². The Kier molecular flexibility index (Phi) is 14.3. The largest absolute Gasteiger partial charge is 0.373 e. The molecule has 1 fully saturated rings. The van der Waals surface area contributed by atoms with Crippen molar-refractivity contribution in [3.05, 3.63) is 6.42 Å². The van der Waals surface area contributed by atoms with E-state index in [1.54, 1.807) is 0 Å². The van der Waals surface area contributed by atoms with Crippen LogP contribution in [0.5, 0.6) is 0 Å². The monoisotopic (exact) mass is 313 g/mol. The Labute approximate surface area is 138 Å². The van der Waals surface area contributed by atoms with Gasteiger partial charge in [0.25, 0.3) is 0 Å².